The molecular weight excluding hydrogens is 443 g/mol. The summed E-state index contributed by atoms with van der Waals surface area (Å²) in [7, 11) is 0. The molecule has 4 aliphatic rings. The summed E-state index contributed by atoms with van der Waals surface area (Å²) in [4.78, 5) is 17.1. The number of anilines is 1. The Kier molecular flexibility index (Phi) is 5.82. The maximum Gasteiger partial charge on any atom is 0.433 e. The van der Waals surface area contributed by atoms with Crippen molar-refractivity contribution in [2.24, 2.45) is 5.41 Å². The van der Waals surface area contributed by atoms with E-state index >= 15 is 0 Å². The van der Waals surface area contributed by atoms with Gasteiger partial charge in [-0.2, -0.15) is 13.2 Å². The number of carbonyl (C=O) groups excluding carboxylic acids is 1. The zero-order valence-electron chi connectivity index (χ0n) is 19.1. The number of hydrogen-bond acceptors (Lipinski definition) is 4. The summed E-state index contributed by atoms with van der Waals surface area (Å²) in [6.07, 6.45) is 3.82. The molecule has 3 heterocycles. The van der Waals surface area contributed by atoms with Crippen LogP contribution in [-0.2, 0) is 15.7 Å². The molecule has 6 rings (SSSR count). The summed E-state index contributed by atoms with van der Waals surface area (Å²) in [6.45, 7) is 4.31. The summed E-state index contributed by atoms with van der Waals surface area (Å²) in [5.41, 5.74) is -0.913. The number of halogens is 3. The van der Waals surface area contributed by atoms with Gasteiger partial charge in [-0.25, -0.2) is 4.98 Å². The van der Waals surface area contributed by atoms with E-state index in [9.17, 15) is 18.0 Å². The number of hydrogen-bond donors (Lipinski definition) is 2. The predicted molar refractivity (Wildman–Crippen MR) is 124 cm³/mol. The lowest BCUT2D eigenvalue weighted by molar-refractivity contribution is -0.175. The summed E-state index contributed by atoms with van der Waals surface area (Å²) in [6, 6.07) is 7.89. The van der Waals surface area contributed by atoms with Gasteiger partial charge in [0.15, 0.2) is 0 Å². The Morgan fingerprint density at radius 1 is 1.15 bits per heavy atom. The number of ether oxygens (including phenoxy) is 1. The Morgan fingerprint density at radius 2 is 1.88 bits per heavy atom. The Bertz CT molecular complexity index is 1080. The lowest BCUT2D eigenvalue weighted by Crippen LogP contribution is -2.58. The topological polar surface area (TPSA) is 63.2 Å². The van der Waals surface area contributed by atoms with Crippen molar-refractivity contribution < 1.29 is 22.7 Å². The number of amides is 1. The average Bonchev–Trinajstić information content (AvgIpc) is 2.85. The highest BCUT2D eigenvalue weighted by molar-refractivity contribution is 5.91. The van der Waals surface area contributed by atoms with E-state index in [2.05, 4.69) is 22.2 Å². The van der Waals surface area contributed by atoms with Gasteiger partial charge < -0.3 is 15.4 Å². The first-order valence-corrected chi connectivity index (χ1v) is 12.0. The standard InChI is InChI=1S/C26H30F3N3O2/c1-2-25-12-10-24(11-13-25,16-34-25)23(33)31-18-7-5-6-17(14-18)30-21-15-22(26(27,28)29)32-20-9-4-3-8-19(20)21/h2-4,8-9,15,17-18H,1,5-7,10-14,16H2,(H,30,32)(H,31,33)/t17-,18+,24?,25?/m0/s1. The largest absolute Gasteiger partial charge is 0.433 e. The van der Waals surface area contributed by atoms with Crippen molar-refractivity contribution in [2.45, 2.75) is 75.2 Å². The Balaban J connectivity index is 1.28. The van der Waals surface area contributed by atoms with Gasteiger partial charge in [0.25, 0.3) is 0 Å². The molecule has 5 nitrogen and oxygen atoms in total. The van der Waals surface area contributed by atoms with Gasteiger partial charge in [0, 0.05) is 23.2 Å². The molecule has 8 heteroatoms. The van der Waals surface area contributed by atoms with Gasteiger partial charge in [-0.15, -0.1) is 6.58 Å². The van der Waals surface area contributed by atoms with Crippen molar-refractivity contribution in [1.82, 2.24) is 10.3 Å². The molecule has 0 radical (unpaired) electrons. The Labute approximate surface area is 197 Å². The molecule has 2 aromatic rings. The number of rotatable bonds is 5. The molecule has 2 saturated carbocycles. The molecule has 0 unspecified atom stereocenters. The molecule has 2 aliphatic heterocycles. The molecule has 182 valence electrons. The number of alkyl halides is 3. The van der Waals surface area contributed by atoms with E-state index in [0.717, 1.165) is 51.0 Å². The fraction of sp³-hybridized carbons (Fsp3) is 0.538. The second-order valence-electron chi connectivity index (χ2n) is 10.1. The molecule has 2 aliphatic carbocycles. The van der Waals surface area contributed by atoms with Crippen molar-refractivity contribution in [3.8, 4) is 0 Å². The minimum atomic E-state index is -4.52. The van der Waals surface area contributed by atoms with E-state index in [4.69, 9.17) is 4.74 Å². The molecule has 1 aromatic carbocycles. The lowest BCUT2D eigenvalue weighted by Gasteiger charge is -2.51. The third kappa shape index (κ3) is 4.28. The van der Waals surface area contributed by atoms with Gasteiger partial charge in [0.2, 0.25) is 5.91 Å². The van der Waals surface area contributed by atoms with Gasteiger partial charge >= 0.3 is 6.18 Å². The Hall–Kier alpha value is -2.61. The molecule has 1 aromatic heterocycles. The minimum Gasteiger partial charge on any atom is -0.382 e. The summed E-state index contributed by atoms with van der Waals surface area (Å²) < 4.78 is 46.3. The van der Waals surface area contributed by atoms with Gasteiger partial charge in [0.1, 0.15) is 5.69 Å². The highest BCUT2D eigenvalue weighted by atomic mass is 19.4. The van der Waals surface area contributed by atoms with Crippen LogP contribution < -0.4 is 10.6 Å². The van der Waals surface area contributed by atoms with Crippen LogP contribution in [0.4, 0.5) is 18.9 Å². The highest BCUT2D eigenvalue weighted by Crippen LogP contribution is 2.49. The molecule has 1 amide bonds. The maximum atomic E-state index is 13.4. The van der Waals surface area contributed by atoms with Crippen molar-refractivity contribution in [1.29, 1.82) is 0 Å². The van der Waals surface area contributed by atoms with Crippen molar-refractivity contribution >= 4 is 22.5 Å². The third-order valence-corrected chi connectivity index (χ3v) is 7.92. The van der Waals surface area contributed by atoms with Crippen LogP contribution >= 0.6 is 0 Å². The molecule has 34 heavy (non-hydrogen) atoms. The van der Waals surface area contributed by atoms with Gasteiger partial charge in [-0.1, -0.05) is 24.3 Å². The van der Waals surface area contributed by atoms with Crippen LogP contribution in [0.15, 0.2) is 43.0 Å². The molecule has 2 atom stereocenters. The second kappa shape index (κ2) is 8.56. The van der Waals surface area contributed by atoms with Crippen LogP contribution in [0.3, 0.4) is 0 Å². The first-order valence-electron chi connectivity index (χ1n) is 12.0. The van der Waals surface area contributed by atoms with E-state index in [0.29, 0.717) is 29.6 Å². The number of aromatic nitrogens is 1. The molecule has 4 fully saturated rings. The summed E-state index contributed by atoms with van der Waals surface area (Å²) in [5, 5.41) is 7.24. The highest BCUT2D eigenvalue weighted by Gasteiger charge is 2.52. The van der Waals surface area contributed by atoms with E-state index in [-0.39, 0.29) is 23.6 Å². The number of fused-ring (bicyclic) bond motifs is 4. The van der Waals surface area contributed by atoms with E-state index < -0.39 is 17.3 Å². The van der Waals surface area contributed by atoms with Gasteiger partial charge in [0.05, 0.1) is 23.1 Å². The van der Waals surface area contributed by atoms with Crippen molar-refractivity contribution in [3.05, 3.63) is 48.7 Å². The SMILES string of the molecule is C=CC12CCC(C(=O)N[C@@H]3CCC[C@H](Nc4cc(C(F)(F)F)nc5ccccc45)C3)(CC1)CO2. The normalized spacial score (nSPS) is 31.3. The quantitative estimate of drug-likeness (QED) is 0.555. The zero-order valence-corrected chi connectivity index (χ0v) is 19.1. The third-order valence-electron chi connectivity index (χ3n) is 7.92. The lowest BCUT2D eigenvalue weighted by atomic mass is 9.65. The predicted octanol–water partition coefficient (Wildman–Crippen LogP) is 5.61. The number of carbonyl (C=O) groups is 1. The number of pyridine rings is 1. The van der Waals surface area contributed by atoms with E-state index in [1.165, 1.54) is 0 Å². The van der Waals surface area contributed by atoms with Crippen molar-refractivity contribution in [2.75, 3.05) is 11.9 Å². The van der Waals surface area contributed by atoms with Crippen LogP contribution in [0.1, 0.15) is 57.1 Å². The first kappa shape index (κ1) is 23.1. The molecule has 2 bridgehead atoms. The fourth-order valence-corrected chi connectivity index (χ4v) is 5.73. The number of para-hydroxylation sites is 1. The minimum absolute atomic E-state index is 0.0173. The van der Waals surface area contributed by atoms with Crippen molar-refractivity contribution in [3.63, 3.8) is 0 Å². The average molecular weight is 474 g/mol. The smallest absolute Gasteiger partial charge is 0.382 e. The van der Waals surface area contributed by atoms with Crippen LogP contribution in [0.2, 0.25) is 0 Å². The van der Waals surface area contributed by atoms with Crippen LogP contribution in [0.25, 0.3) is 10.9 Å². The Morgan fingerprint density at radius 3 is 2.56 bits per heavy atom. The molecule has 2 N–H and O–H groups in total. The van der Waals surface area contributed by atoms with Crippen LogP contribution in [0, 0.1) is 5.41 Å². The first-order chi connectivity index (χ1) is 16.2. The number of benzene rings is 1. The maximum absolute atomic E-state index is 13.4. The summed E-state index contributed by atoms with van der Waals surface area (Å²) >= 11 is 0. The zero-order chi connectivity index (χ0) is 24.0. The van der Waals surface area contributed by atoms with Gasteiger partial charge in [-0.05, 0) is 63.5 Å². The van der Waals surface area contributed by atoms with E-state index in [1.807, 2.05) is 6.08 Å². The molecular formula is C26H30F3N3O2. The monoisotopic (exact) mass is 473 g/mol. The number of nitrogens with zero attached hydrogens (tertiary/aromatic N) is 1. The fourth-order valence-electron chi connectivity index (χ4n) is 5.73. The van der Waals surface area contributed by atoms with Crippen LogP contribution in [-0.4, -0.2) is 35.2 Å². The van der Waals surface area contributed by atoms with E-state index in [1.54, 1.807) is 24.3 Å². The second-order valence-corrected chi connectivity index (χ2v) is 10.1. The van der Waals surface area contributed by atoms with Crippen LogP contribution in [0.5, 0.6) is 0 Å². The van der Waals surface area contributed by atoms with Gasteiger partial charge in [-0.3, -0.25) is 4.79 Å². The molecule has 2 saturated heterocycles. The summed E-state index contributed by atoms with van der Waals surface area (Å²) in [5.74, 6) is 0.0456. The molecule has 0 spiro atoms. The number of nitrogens with one attached hydrogen (secondary N) is 2.